The third-order valence-electron chi connectivity index (χ3n) is 2.72. The van der Waals surface area contributed by atoms with Gasteiger partial charge in [-0.1, -0.05) is 11.6 Å². The number of thiophene rings is 1. The topological polar surface area (TPSA) is 92.4 Å². The predicted octanol–water partition coefficient (Wildman–Crippen LogP) is 2.76. The molecule has 1 aromatic carbocycles. The summed E-state index contributed by atoms with van der Waals surface area (Å²) in [7, 11) is -3.84. The van der Waals surface area contributed by atoms with E-state index in [4.69, 9.17) is 17.3 Å². The molecule has 0 fully saturated rings. The number of sulfonamides is 1. The molecule has 1 heterocycles. The van der Waals surface area contributed by atoms with Gasteiger partial charge in [-0.25, -0.2) is 13.1 Å². The summed E-state index contributed by atoms with van der Waals surface area (Å²) in [4.78, 5) is -0.0648. The fraction of sp³-hybridized carbons (Fsp3) is 0.167. The zero-order valence-corrected chi connectivity index (χ0v) is 14.6. The number of aliphatic hydroxyl groups is 1. The molecule has 2 aromatic rings. The zero-order chi connectivity index (χ0) is 15.6. The van der Waals surface area contributed by atoms with Crippen LogP contribution in [0.1, 0.15) is 11.7 Å². The first-order valence-corrected chi connectivity index (χ1v) is 9.35. The highest BCUT2D eigenvalue weighted by Gasteiger charge is 2.21. The second kappa shape index (κ2) is 6.64. The third-order valence-corrected chi connectivity index (χ3v) is 6.23. The lowest BCUT2D eigenvalue weighted by Gasteiger charge is -2.13. The molecule has 0 aliphatic carbocycles. The molecule has 0 amide bonds. The normalized spacial score (nSPS) is 13.3. The van der Waals surface area contributed by atoms with Crippen molar-refractivity contribution >= 4 is 54.6 Å². The molecule has 1 atom stereocenters. The number of nitrogens with one attached hydrogen (secondary N) is 1. The van der Waals surface area contributed by atoms with Crippen LogP contribution in [0.15, 0.2) is 38.3 Å². The molecule has 0 saturated carbocycles. The fourth-order valence-electron chi connectivity index (χ4n) is 1.63. The molecule has 4 N–H and O–H groups in total. The maximum Gasteiger partial charge on any atom is 0.241 e. The third kappa shape index (κ3) is 3.97. The van der Waals surface area contributed by atoms with Crippen LogP contribution in [-0.4, -0.2) is 20.1 Å². The summed E-state index contributed by atoms with van der Waals surface area (Å²) in [5.74, 6) is 0. The first-order valence-electron chi connectivity index (χ1n) is 5.75. The molecule has 114 valence electrons. The first-order chi connectivity index (χ1) is 9.81. The maximum atomic E-state index is 12.3. The molecule has 21 heavy (non-hydrogen) atoms. The van der Waals surface area contributed by atoms with Gasteiger partial charge in [0.15, 0.2) is 0 Å². The maximum absolute atomic E-state index is 12.3. The summed E-state index contributed by atoms with van der Waals surface area (Å²) in [5.41, 5.74) is 6.56. The molecular formula is C12H12BrClN2O3S2. The van der Waals surface area contributed by atoms with Crippen LogP contribution in [0, 0.1) is 0 Å². The van der Waals surface area contributed by atoms with Crippen molar-refractivity contribution in [1.82, 2.24) is 4.72 Å². The number of halogens is 2. The zero-order valence-electron chi connectivity index (χ0n) is 10.6. The molecule has 5 nitrogen and oxygen atoms in total. The number of nitrogen functional groups attached to an aromatic ring is 1. The number of hydrogen-bond acceptors (Lipinski definition) is 5. The van der Waals surface area contributed by atoms with Gasteiger partial charge in [0.05, 0.1) is 15.5 Å². The van der Waals surface area contributed by atoms with Crippen LogP contribution < -0.4 is 10.5 Å². The molecule has 0 spiro atoms. The van der Waals surface area contributed by atoms with E-state index in [0.717, 1.165) is 0 Å². The Kier molecular flexibility index (Phi) is 5.29. The Morgan fingerprint density at radius 2 is 2.19 bits per heavy atom. The minimum Gasteiger partial charge on any atom is -0.398 e. The number of aliphatic hydroxyl groups excluding tert-OH is 1. The van der Waals surface area contributed by atoms with Crippen molar-refractivity contribution in [1.29, 1.82) is 0 Å². The summed E-state index contributed by atoms with van der Waals surface area (Å²) in [6.45, 7) is -0.141. The van der Waals surface area contributed by atoms with Gasteiger partial charge in [-0.3, -0.25) is 0 Å². The van der Waals surface area contributed by atoms with Gasteiger partial charge in [0.1, 0.15) is 0 Å². The monoisotopic (exact) mass is 410 g/mol. The van der Waals surface area contributed by atoms with Crippen molar-refractivity contribution in [3.05, 3.63) is 44.0 Å². The lowest BCUT2D eigenvalue weighted by atomic mass is 10.2. The van der Waals surface area contributed by atoms with Gasteiger partial charge in [-0.2, -0.15) is 11.3 Å². The summed E-state index contributed by atoms with van der Waals surface area (Å²) in [6.07, 6.45) is -0.915. The van der Waals surface area contributed by atoms with Gasteiger partial charge in [0, 0.05) is 17.3 Å². The van der Waals surface area contributed by atoms with Crippen molar-refractivity contribution < 1.29 is 13.5 Å². The van der Waals surface area contributed by atoms with E-state index >= 15 is 0 Å². The van der Waals surface area contributed by atoms with Gasteiger partial charge in [-0.05, 0) is 50.5 Å². The smallest absolute Gasteiger partial charge is 0.241 e. The molecule has 1 aromatic heterocycles. The van der Waals surface area contributed by atoms with Crippen LogP contribution in [-0.2, 0) is 10.0 Å². The minimum absolute atomic E-state index is 0.0648. The van der Waals surface area contributed by atoms with E-state index in [-0.39, 0.29) is 26.6 Å². The van der Waals surface area contributed by atoms with Gasteiger partial charge in [0.25, 0.3) is 0 Å². The highest BCUT2D eigenvalue weighted by molar-refractivity contribution is 9.10. The Morgan fingerprint density at radius 1 is 1.48 bits per heavy atom. The SMILES string of the molecule is Nc1cc(Cl)cc(S(=O)(=O)NCC(O)c2ccsc2)c1Br. The lowest BCUT2D eigenvalue weighted by molar-refractivity contribution is 0.182. The largest absolute Gasteiger partial charge is 0.398 e. The Hall–Kier alpha value is -0.640. The van der Waals surface area contributed by atoms with E-state index in [2.05, 4.69) is 20.7 Å². The quantitative estimate of drug-likeness (QED) is 0.660. The Morgan fingerprint density at radius 3 is 2.81 bits per heavy atom. The van der Waals surface area contributed by atoms with E-state index in [1.807, 2.05) is 0 Å². The average molecular weight is 412 g/mol. The van der Waals surface area contributed by atoms with E-state index in [1.165, 1.54) is 23.5 Å². The molecule has 0 radical (unpaired) electrons. The number of nitrogens with two attached hydrogens (primary N) is 1. The van der Waals surface area contributed by atoms with E-state index in [0.29, 0.717) is 5.56 Å². The van der Waals surface area contributed by atoms with Crippen molar-refractivity contribution in [2.24, 2.45) is 0 Å². The van der Waals surface area contributed by atoms with Crippen LogP contribution in [0.2, 0.25) is 5.02 Å². The molecule has 0 aliphatic rings. The summed E-state index contributed by atoms with van der Waals surface area (Å²) in [5, 5.41) is 13.7. The molecule has 9 heteroatoms. The van der Waals surface area contributed by atoms with Gasteiger partial charge in [0.2, 0.25) is 10.0 Å². The average Bonchev–Trinajstić information content (AvgIpc) is 2.94. The fourth-order valence-corrected chi connectivity index (χ4v) is 4.66. The first kappa shape index (κ1) is 16.7. The van der Waals surface area contributed by atoms with Crippen molar-refractivity contribution in [3.8, 4) is 0 Å². The molecule has 0 aliphatic heterocycles. The Labute approximate surface area is 139 Å². The molecule has 1 unspecified atom stereocenters. The van der Waals surface area contributed by atoms with Crippen LogP contribution in [0.4, 0.5) is 5.69 Å². The highest BCUT2D eigenvalue weighted by atomic mass is 79.9. The van der Waals surface area contributed by atoms with Crippen LogP contribution in [0.3, 0.4) is 0 Å². The van der Waals surface area contributed by atoms with Gasteiger partial charge >= 0.3 is 0 Å². The lowest BCUT2D eigenvalue weighted by Crippen LogP contribution is -2.28. The molecular weight excluding hydrogens is 400 g/mol. The molecule has 2 rings (SSSR count). The Balaban J connectivity index is 2.19. The second-order valence-corrected chi connectivity index (χ2v) is 7.98. The number of benzene rings is 1. The van der Waals surface area contributed by atoms with E-state index in [1.54, 1.807) is 16.8 Å². The highest BCUT2D eigenvalue weighted by Crippen LogP contribution is 2.31. The summed E-state index contributed by atoms with van der Waals surface area (Å²) in [6, 6.07) is 4.48. The van der Waals surface area contributed by atoms with E-state index < -0.39 is 16.1 Å². The van der Waals surface area contributed by atoms with Crippen molar-refractivity contribution in [2.45, 2.75) is 11.0 Å². The number of anilines is 1. The number of hydrogen-bond donors (Lipinski definition) is 3. The van der Waals surface area contributed by atoms with Crippen LogP contribution in [0.5, 0.6) is 0 Å². The standard InChI is InChI=1S/C12H12BrClN2O3S2/c13-12-9(15)3-8(14)4-11(12)21(18,19)16-5-10(17)7-1-2-20-6-7/h1-4,6,10,16-17H,5,15H2. The molecule has 0 bridgehead atoms. The summed E-state index contributed by atoms with van der Waals surface area (Å²) >= 11 is 10.4. The van der Waals surface area contributed by atoms with Crippen molar-refractivity contribution in [3.63, 3.8) is 0 Å². The molecule has 0 saturated heterocycles. The van der Waals surface area contributed by atoms with Crippen LogP contribution >= 0.6 is 38.9 Å². The summed E-state index contributed by atoms with van der Waals surface area (Å²) < 4.78 is 27.1. The van der Waals surface area contributed by atoms with Crippen LogP contribution in [0.25, 0.3) is 0 Å². The minimum atomic E-state index is -3.84. The van der Waals surface area contributed by atoms with Crippen molar-refractivity contribution in [2.75, 3.05) is 12.3 Å². The van der Waals surface area contributed by atoms with Gasteiger partial charge < -0.3 is 10.8 Å². The predicted molar refractivity (Wildman–Crippen MR) is 88.0 cm³/mol. The Bertz CT molecular complexity index is 735. The van der Waals surface area contributed by atoms with Gasteiger partial charge in [-0.15, -0.1) is 0 Å². The number of rotatable bonds is 5. The second-order valence-electron chi connectivity index (χ2n) is 4.23. The van der Waals surface area contributed by atoms with E-state index in [9.17, 15) is 13.5 Å².